The van der Waals surface area contributed by atoms with Gasteiger partial charge in [-0.05, 0) is 6.42 Å². The summed E-state index contributed by atoms with van der Waals surface area (Å²) >= 11 is 0. The minimum atomic E-state index is -0.670. The Morgan fingerprint density at radius 3 is 1.94 bits per heavy atom. The topological polar surface area (TPSA) is 94.9 Å². The molecule has 1 fully saturated rings. The fraction of sp³-hybridized carbons (Fsp3) is 0.750. The number of unbranched alkanes of at least 4 members (excludes halogenated alkanes) is 4. The van der Waals surface area contributed by atoms with E-state index in [0.29, 0.717) is 6.42 Å². The maximum atomic E-state index is 10.2. The van der Waals surface area contributed by atoms with Gasteiger partial charge in [-0.3, -0.25) is 19.6 Å². The molecule has 104 valence electrons. The molecule has 1 heterocycles. The molecule has 0 aromatic carbocycles. The SMILES string of the molecule is CCCCCCCC(=O)O.O=C1CCC(=O)N1O. The Morgan fingerprint density at radius 1 is 1.11 bits per heavy atom. The number of carbonyl (C=O) groups excluding carboxylic acids is 2. The van der Waals surface area contributed by atoms with Crippen LogP contribution in [-0.2, 0) is 14.4 Å². The fourth-order valence-electron chi connectivity index (χ4n) is 1.44. The van der Waals surface area contributed by atoms with Crippen molar-refractivity contribution < 1.29 is 24.7 Å². The third-order valence-corrected chi connectivity index (χ3v) is 2.52. The van der Waals surface area contributed by atoms with E-state index in [1.807, 2.05) is 0 Å². The number of aliphatic carboxylic acids is 1. The Kier molecular flexibility index (Phi) is 8.82. The van der Waals surface area contributed by atoms with Crippen molar-refractivity contribution in [3.8, 4) is 0 Å². The van der Waals surface area contributed by atoms with Crippen molar-refractivity contribution in [1.82, 2.24) is 5.06 Å². The predicted molar refractivity (Wildman–Crippen MR) is 63.9 cm³/mol. The summed E-state index contributed by atoms with van der Waals surface area (Å²) in [5.41, 5.74) is 0. The Balaban J connectivity index is 0.000000327. The van der Waals surface area contributed by atoms with Gasteiger partial charge in [0.05, 0.1) is 0 Å². The van der Waals surface area contributed by atoms with Gasteiger partial charge < -0.3 is 5.11 Å². The Bertz CT molecular complexity index is 274. The number of carboxylic acid groups (broad SMARTS) is 1. The van der Waals surface area contributed by atoms with Crippen molar-refractivity contribution in [3.63, 3.8) is 0 Å². The lowest BCUT2D eigenvalue weighted by atomic mass is 10.1. The molecule has 0 unspecified atom stereocenters. The van der Waals surface area contributed by atoms with E-state index < -0.39 is 17.8 Å². The lowest BCUT2D eigenvalue weighted by Gasteiger charge is -1.98. The first-order valence-corrected chi connectivity index (χ1v) is 6.25. The summed E-state index contributed by atoms with van der Waals surface area (Å²) in [5.74, 6) is -1.68. The second-order valence-electron chi connectivity index (χ2n) is 4.16. The molecule has 2 amide bonds. The van der Waals surface area contributed by atoms with Crippen molar-refractivity contribution in [2.75, 3.05) is 0 Å². The van der Waals surface area contributed by atoms with Crippen LogP contribution in [0.25, 0.3) is 0 Å². The van der Waals surface area contributed by atoms with Gasteiger partial charge >= 0.3 is 5.97 Å². The molecule has 0 bridgehead atoms. The quantitative estimate of drug-likeness (QED) is 0.432. The van der Waals surface area contributed by atoms with Gasteiger partial charge in [0.2, 0.25) is 0 Å². The molecule has 6 nitrogen and oxygen atoms in total. The van der Waals surface area contributed by atoms with E-state index in [0.717, 1.165) is 12.8 Å². The van der Waals surface area contributed by atoms with Crippen molar-refractivity contribution in [2.45, 2.75) is 58.3 Å². The first-order chi connectivity index (χ1) is 8.49. The summed E-state index contributed by atoms with van der Waals surface area (Å²) in [6.45, 7) is 2.15. The van der Waals surface area contributed by atoms with Crippen molar-refractivity contribution >= 4 is 17.8 Å². The number of imide groups is 1. The van der Waals surface area contributed by atoms with Crippen LogP contribution in [-0.4, -0.2) is 33.2 Å². The number of carbonyl (C=O) groups is 3. The highest BCUT2D eigenvalue weighted by Gasteiger charge is 2.26. The van der Waals surface area contributed by atoms with Crippen LogP contribution in [0.1, 0.15) is 58.3 Å². The molecule has 1 rings (SSSR count). The average Bonchev–Trinajstić information content (AvgIpc) is 2.61. The molecular formula is C12H21NO5. The molecule has 2 N–H and O–H groups in total. The van der Waals surface area contributed by atoms with Gasteiger partial charge in [-0.2, -0.15) is 5.06 Å². The molecular weight excluding hydrogens is 238 g/mol. The number of nitrogens with zero attached hydrogens (tertiary/aromatic N) is 1. The summed E-state index contributed by atoms with van der Waals surface area (Å²) in [4.78, 5) is 30.5. The summed E-state index contributed by atoms with van der Waals surface area (Å²) in [6.07, 6.45) is 6.18. The highest BCUT2D eigenvalue weighted by molar-refractivity contribution is 6.00. The predicted octanol–water partition coefficient (Wildman–Crippen LogP) is 1.96. The first-order valence-electron chi connectivity index (χ1n) is 6.25. The van der Waals surface area contributed by atoms with Gasteiger partial charge in [-0.1, -0.05) is 32.6 Å². The van der Waals surface area contributed by atoms with Gasteiger partial charge in [0.25, 0.3) is 11.8 Å². The number of amides is 2. The van der Waals surface area contributed by atoms with Crippen LogP contribution in [0.4, 0.5) is 0 Å². The van der Waals surface area contributed by atoms with Crippen LogP contribution in [0.2, 0.25) is 0 Å². The largest absolute Gasteiger partial charge is 0.481 e. The smallest absolute Gasteiger partial charge is 0.303 e. The summed E-state index contributed by atoms with van der Waals surface area (Å²) in [7, 11) is 0. The van der Waals surface area contributed by atoms with E-state index in [9.17, 15) is 14.4 Å². The van der Waals surface area contributed by atoms with Crippen LogP contribution >= 0.6 is 0 Å². The summed E-state index contributed by atoms with van der Waals surface area (Å²) in [5, 5.41) is 16.8. The van der Waals surface area contributed by atoms with Crippen molar-refractivity contribution in [2.24, 2.45) is 0 Å². The lowest BCUT2D eigenvalue weighted by Crippen LogP contribution is -2.24. The Labute approximate surface area is 107 Å². The number of hydrogen-bond acceptors (Lipinski definition) is 4. The number of hydrogen-bond donors (Lipinski definition) is 2. The molecule has 0 aromatic rings. The standard InChI is InChI=1S/C8H16O2.C4H5NO3/c1-2-3-4-5-6-7-8(9)10;6-3-1-2-4(7)5(3)8/h2-7H2,1H3,(H,9,10);8H,1-2H2. The van der Waals surface area contributed by atoms with Gasteiger partial charge in [-0.25, -0.2) is 0 Å². The molecule has 0 radical (unpaired) electrons. The molecule has 0 aliphatic carbocycles. The average molecular weight is 259 g/mol. The Hall–Kier alpha value is -1.43. The third-order valence-electron chi connectivity index (χ3n) is 2.52. The maximum absolute atomic E-state index is 10.2. The number of rotatable bonds is 6. The molecule has 0 saturated carbocycles. The van der Waals surface area contributed by atoms with E-state index in [1.54, 1.807) is 0 Å². The zero-order chi connectivity index (χ0) is 14.0. The minimum absolute atomic E-state index is 0.148. The molecule has 1 saturated heterocycles. The lowest BCUT2D eigenvalue weighted by molar-refractivity contribution is -0.171. The van der Waals surface area contributed by atoms with Gasteiger partial charge in [0.1, 0.15) is 0 Å². The zero-order valence-electron chi connectivity index (χ0n) is 10.7. The van der Waals surface area contributed by atoms with Crippen molar-refractivity contribution in [3.05, 3.63) is 0 Å². The second kappa shape index (κ2) is 9.58. The Morgan fingerprint density at radius 2 is 1.61 bits per heavy atom. The van der Waals surface area contributed by atoms with E-state index in [2.05, 4.69) is 6.92 Å². The van der Waals surface area contributed by atoms with Gasteiger partial charge in [-0.15, -0.1) is 0 Å². The first kappa shape index (κ1) is 16.6. The van der Waals surface area contributed by atoms with Gasteiger partial charge in [0, 0.05) is 19.3 Å². The monoisotopic (exact) mass is 259 g/mol. The zero-order valence-corrected chi connectivity index (χ0v) is 10.7. The summed E-state index contributed by atoms with van der Waals surface area (Å²) in [6, 6.07) is 0. The van der Waals surface area contributed by atoms with Crippen molar-refractivity contribution in [1.29, 1.82) is 0 Å². The van der Waals surface area contributed by atoms with E-state index in [4.69, 9.17) is 10.3 Å². The van der Waals surface area contributed by atoms with E-state index in [1.165, 1.54) is 19.3 Å². The fourth-order valence-corrected chi connectivity index (χ4v) is 1.44. The van der Waals surface area contributed by atoms with E-state index >= 15 is 0 Å². The summed E-state index contributed by atoms with van der Waals surface area (Å²) < 4.78 is 0. The second-order valence-corrected chi connectivity index (χ2v) is 4.16. The number of carboxylic acids is 1. The highest BCUT2D eigenvalue weighted by Crippen LogP contribution is 2.07. The van der Waals surface area contributed by atoms with Crippen LogP contribution in [0.3, 0.4) is 0 Å². The molecule has 1 aliphatic rings. The van der Waals surface area contributed by atoms with Crippen LogP contribution < -0.4 is 0 Å². The third kappa shape index (κ3) is 7.78. The molecule has 1 aliphatic heterocycles. The van der Waals surface area contributed by atoms with E-state index in [-0.39, 0.29) is 17.9 Å². The van der Waals surface area contributed by atoms with Crippen LogP contribution in [0.15, 0.2) is 0 Å². The van der Waals surface area contributed by atoms with Gasteiger partial charge in [0.15, 0.2) is 0 Å². The normalized spacial score (nSPS) is 14.4. The van der Waals surface area contributed by atoms with Crippen LogP contribution in [0.5, 0.6) is 0 Å². The highest BCUT2D eigenvalue weighted by atomic mass is 16.5. The van der Waals surface area contributed by atoms with Crippen LogP contribution in [0, 0.1) is 0 Å². The molecule has 0 atom stereocenters. The number of hydroxylamine groups is 2. The maximum Gasteiger partial charge on any atom is 0.303 e. The molecule has 6 heteroatoms. The molecule has 0 spiro atoms. The minimum Gasteiger partial charge on any atom is -0.481 e. The molecule has 0 aromatic heterocycles. The molecule has 18 heavy (non-hydrogen) atoms.